The SMILES string of the molecule is CC(C)COc1ccc(NC(=O)C2CSC3(C)CCC(=O)N23)cc1Cl. The van der Waals surface area contributed by atoms with Crippen LogP contribution in [0.15, 0.2) is 18.2 Å². The Morgan fingerprint density at radius 2 is 2.28 bits per heavy atom. The van der Waals surface area contributed by atoms with Gasteiger partial charge in [0.15, 0.2) is 0 Å². The van der Waals surface area contributed by atoms with Crippen LogP contribution in [-0.4, -0.2) is 40.0 Å². The van der Waals surface area contributed by atoms with Crippen molar-refractivity contribution in [2.45, 2.75) is 44.5 Å². The van der Waals surface area contributed by atoms with Crippen molar-refractivity contribution < 1.29 is 14.3 Å². The van der Waals surface area contributed by atoms with Gasteiger partial charge in [-0.2, -0.15) is 0 Å². The topological polar surface area (TPSA) is 58.6 Å². The molecule has 2 heterocycles. The molecule has 5 nitrogen and oxygen atoms in total. The van der Waals surface area contributed by atoms with E-state index in [9.17, 15) is 9.59 Å². The minimum Gasteiger partial charge on any atom is -0.492 e. The Kier molecular flexibility index (Phi) is 5.21. The molecule has 1 N–H and O–H groups in total. The van der Waals surface area contributed by atoms with Crippen LogP contribution in [0.5, 0.6) is 5.75 Å². The number of fused-ring (bicyclic) bond motifs is 1. The fraction of sp³-hybridized carbons (Fsp3) is 0.556. The number of carbonyl (C=O) groups excluding carboxylic acids is 2. The maximum atomic E-state index is 12.7. The largest absolute Gasteiger partial charge is 0.492 e. The van der Waals surface area contributed by atoms with Crippen LogP contribution in [-0.2, 0) is 9.59 Å². The van der Waals surface area contributed by atoms with Crippen molar-refractivity contribution >= 4 is 40.9 Å². The third kappa shape index (κ3) is 3.75. The van der Waals surface area contributed by atoms with Gasteiger partial charge < -0.3 is 15.0 Å². The second-order valence-corrected chi connectivity index (χ2v) is 9.01. The van der Waals surface area contributed by atoms with Gasteiger partial charge in [0, 0.05) is 17.9 Å². The molecule has 0 radical (unpaired) electrons. The van der Waals surface area contributed by atoms with Gasteiger partial charge in [-0.25, -0.2) is 0 Å². The number of thioether (sulfide) groups is 1. The summed E-state index contributed by atoms with van der Waals surface area (Å²) in [4.78, 5) is 26.3. The molecular formula is C18H23ClN2O3S. The minimum atomic E-state index is -0.430. The van der Waals surface area contributed by atoms with E-state index in [1.54, 1.807) is 34.9 Å². The molecule has 2 aliphatic rings. The average molecular weight is 383 g/mol. The Bertz CT molecular complexity index is 697. The van der Waals surface area contributed by atoms with Crippen molar-refractivity contribution in [3.63, 3.8) is 0 Å². The van der Waals surface area contributed by atoms with E-state index in [2.05, 4.69) is 19.2 Å². The molecule has 2 aliphatic heterocycles. The Morgan fingerprint density at radius 1 is 1.52 bits per heavy atom. The number of carbonyl (C=O) groups is 2. The van der Waals surface area contributed by atoms with Crippen LogP contribution in [0.3, 0.4) is 0 Å². The predicted molar refractivity (Wildman–Crippen MR) is 101 cm³/mol. The lowest BCUT2D eigenvalue weighted by Crippen LogP contribution is -2.48. The predicted octanol–water partition coefficient (Wildman–Crippen LogP) is 3.77. The van der Waals surface area contributed by atoms with E-state index in [0.29, 0.717) is 41.2 Å². The van der Waals surface area contributed by atoms with Crippen molar-refractivity contribution in [2.24, 2.45) is 5.92 Å². The number of rotatable bonds is 5. The molecule has 2 fully saturated rings. The molecule has 1 aromatic rings. The summed E-state index contributed by atoms with van der Waals surface area (Å²) < 4.78 is 5.64. The van der Waals surface area contributed by atoms with Crippen LogP contribution in [0, 0.1) is 5.92 Å². The molecule has 3 rings (SSSR count). The third-order valence-corrected chi connectivity index (χ3v) is 6.32. The summed E-state index contributed by atoms with van der Waals surface area (Å²) in [7, 11) is 0. The lowest BCUT2D eigenvalue weighted by Gasteiger charge is -2.29. The summed E-state index contributed by atoms with van der Waals surface area (Å²) in [6.07, 6.45) is 1.31. The molecule has 7 heteroatoms. The van der Waals surface area contributed by atoms with E-state index < -0.39 is 6.04 Å². The second kappa shape index (κ2) is 7.08. The van der Waals surface area contributed by atoms with Crippen molar-refractivity contribution in [1.29, 1.82) is 0 Å². The number of hydrogen-bond acceptors (Lipinski definition) is 4. The first kappa shape index (κ1) is 18.4. The van der Waals surface area contributed by atoms with E-state index in [1.807, 2.05) is 6.92 Å². The van der Waals surface area contributed by atoms with Crippen LogP contribution in [0.1, 0.15) is 33.6 Å². The lowest BCUT2D eigenvalue weighted by atomic mass is 10.2. The van der Waals surface area contributed by atoms with E-state index in [0.717, 1.165) is 6.42 Å². The normalized spacial score (nSPS) is 25.4. The van der Waals surface area contributed by atoms with Gasteiger partial charge in [0.25, 0.3) is 0 Å². The molecule has 2 unspecified atom stereocenters. The number of nitrogens with one attached hydrogen (secondary N) is 1. The minimum absolute atomic E-state index is 0.0584. The standard InChI is InChI=1S/C18H23ClN2O3S/c1-11(2)9-24-15-5-4-12(8-13(15)19)20-17(23)14-10-25-18(3)7-6-16(22)21(14)18/h4-5,8,11,14H,6-7,9-10H2,1-3H3,(H,20,23). The zero-order valence-electron chi connectivity index (χ0n) is 14.7. The van der Waals surface area contributed by atoms with Gasteiger partial charge in [0.1, 0.15) is 11.8 Å². The molecule has 0 aromatic heterocycles. The van der Waals surface area contributed by atoms with Gasteiger partial charge in [-0.3, -0.25) is 9.59 Å². The highest BCUT2D eigenvalue weighted by atomic mass is 35.5. The van der Waals surface area contributed by atoms with Gasteiger partial charge in [-0.15, -0.1) is 11.8 Å². The first-order valence-corrected chi connectivity index (χ1v) is 9.86. The first-order valence-electron chi connectivity index (χ1n) is 8.49. The van der Waals surface area contributed by atoms with Crippen LogP contribution < -0.4 is 10.1 Å². The molecule has 2 saturated heterocycles. The highest BCUT2D eigenvalue weighted by molar-refractivity contribution is 8.01. The number of amides is 2. The molecule has 2 atom stereocenters. The third-order valence-electron chi connectivity index (χ3n) is 4.52. The Morgan fingerprint density at radius 3 is 2.96 bits per heavy atom. The summed E-state index contributed by atoms with van der Waals surface area (Å²) >= 11 is 7.92. The summed E-state index contributed by atoms with van der Waals surface area (Å²) in [5.41, 5.74) is 0.608. The number of nitrogens with zero attached hydrogens (tertiary/aromatic N) is 1. The summed E-state index contributed by atoms with van der Waals surface area (Å²) in [6, 6.07) is 4.78. The quantitative estimate of drug-likeness (QED) is 0.842. The molecule has 25 heavy (non-hydrogen) atoms. The molecule has 0 bridgehead atoms. The van der Waals surface area contributed by atoms with Crippen LogP contribution in [0.2, 0.25) is 5.02 Å². The smallest absolute Gasteiger partial charge is 0.248 e. The number of halogens is 1. The van der Waals surface area contributed by atoms with Crippen LogP contribution in [0.4, 0.5) is 5.69 Å². The van der Waals surface area contributed by atoms with Gasteiger partial charge in [-0.05, 0) is 37.5 Å². The summed E-state index contributed by atoms with van der Waals surface area (Å²) in [5.74, 6) is 1.52. The highest BCUT2D eigenvalue weighted by Crippen LogP contribution is 2.47. The van der Waals surface area contributed by atoms with E-state index >= 15 is 0 Å². The maximum Gasteiger partial charge on any atom is 0.248 e. The summed E-state index contributed by atoms with van der Waals surface area (Å²) in [6.45, 7) is 6.75. The second-order valence-electron chi connectivity index (χ2n) is 7.10. The van der Waals surface area contributed by atoms with Crippen LogP contribution in [0.25, 0.3) is 0 Å². The molecule has 2 amide bonds. The Hall–Kier alpha value is -1.40. The molecule has 1 aromatic carbocycles. The van der Waals surface area contributed by atoms with Crippen molar-refractivity contribution in [1.82, 2.24) is 4.90 Å². The molecule has 0 saturated carbocycles. The zero-order chi connectivity index (χ0) is 18.2. The van der Waals surface area contributed by atoms with Crippen molar-refractivity contribution in [2.75, 3.05) is 17.7 Å². The molecular weight excluding hydrogens is 360 g/mol. The van der Waals surface area contributed by atoms with Gasteiger partial charge >= 0.3 is 0 Å². The number of anilines is 1. The Balaban J connectivity index is 1.67. The van der Waals surface area contributed by atoms with Gasteiger partial charge in [-0.1, -0.05) is 25.4 Å². The van der Waals surface area contributed by atoms with Gasteiger partial charge in [0.2, 0.25) is 11.8 Å². The molecule has 0 spiro atoms. The van der Waals surface area contributed by atoms with Crippen molar-refractivity contribution in [3.05, 3.63) is 23.2 Å². The Labute approximate surface area is 157 Å². The monoisotopic (exact) mass is 382 g/mol. The summed E-state index contributed by atoms with van der Waals surface area (Å²) in [5, 5.41) is 3.34. The van der Waals surface area contributed by atoms with Crippen LogP contribution >= 0.6 is 23.4 Å². The van der Waals surface area contributed by atoms with E-state index in [4.69, 9.17) is 16.3 Å². The number of ether oxygens (including phenoxy) is 1. The fourth-order valence-corrected chi connectivity index (χ4v) is 4.86. The highest BCUT2D eigenvalue weighted by Gasteiger charge is 2.52. The van der Waals surface area contributed by atoms with Gasteiger partial charge in [0.05, 0.1) is 16.5 Å². The number of hydrogen-bond donors (Lipinski definition) is 1. The maximum absolute atomic E-state index is 12.7. The lowest BCUT2D eigenvalue weighted by molar-refractivity contribution is -0.135. The zero-order valence-corrected chi connectivity index (χ0v) is 16.2. The molecule has 136 valence electrons. The average Bonchev–Trinajstić information content (AvgIpc) is 3.03. The van der Waals surface area contributed by atoms with E-state index in [-0.39, 0.29) is 16.7 Å². The number of benzene rings is 1. The molecule has 0 aliphatic carbocycles. The van der Waals surface area contributed by atoms with Crippen molar-refractivity contribution in [3.8, 4) is 5.75 Å². The van der Waals surface area contributed by atoms with E-state index in [1.165, 1.54) is 0 Å². The fourth-order valence-electron chi connectivity index (χ4n) is 3.19. The first-order chi connectivity index (χ1) is 11.8.